The standard InChI is InChI=1S/C14H20ClNO3S2/c1-8-9(7-20-12(8)21(15,18)19)11(17)16-6-10-13(2,3)14(10,4)5/h7,10H,6H2,1-5H3,(H,16,17). The zero-order valence-electron chi connectivity index (χ0n) is 12.8. The minimum absolute atomic E-state index is 0.0430. The number of carbonyl (C=O) groups is 1. The Kier molecular flexibility index (Phi) is 3.96. The lowest BCUT2D eigenvalue weighted by Crippen LogP contribution is -2.27. The van der Waals surface area contributed by atoms with E-state index in [2.05, 4.69) is 33.0 Å². The molecule has 0 radical (unpaired) electrons. The van der Waals surface area contributed by atoms with Crippen molar-refractivity contribution in [2.75, 3.05) is 6.54 Å². The Balaban J connectivity index is 2.08. The Labute approximate surface area is 134 Å². The Bertz CT molecular complexity index is 675. The molecule has 2 rings (SSSR count). The lowest BCUT2D eigenvalue weighted by atomic mass is 10.0. The van der Waals surface area contributed by atoms with Crippen molar-refractivity contribution in [3.05, 3.63) is 16.5 Å². The van der Waals surface area contributed by atoms with Gasteiger partial charge in [0.05, 0.1) is 5.56 Å². The van der Waals surface area contributed by atoms with Gasteiger partial charge in [-0.05, 0) is 29.2 Å². The molecule has 1 aliphatic carbocycles. The summed E-state index contributed by atoms with van der Waals surface area (Å²) < 4.78 is 22.8. The summed E-state index contributed by atoms with van der Waals surface area (Å²) in [6, 6.07) is 0. The van der Waals surface area contributed by atoms with Crippen LogP contribution in [0.4, 0.5) is 0 Å². The first-order chi connectivity index (χ1) is 9.40. The molecule has 0 aromatic carbocycles. The largest absolute Gasteiger partial charge is 0.352 e. The predicted molar refractivity (Wildman–Crippen MR) is 85.5 cm³/mol. The molecule has 1 aromatic rings. The minimum Gasteiger partial charge on any atom is -0.352 e. The zero-order chi connectivity index (χ0) is 16.2. The molecule has 7 heteroatoms. The normalized spacial score (nSPS) is 20.3. The average Bonchev–Trinajstić information content (AvgIpc) is 2.62. The molecule has 1 aliphatic rings. The maximum absolute atomic E-state index is 12.2. The van der Waals surface area contributed by atoms with Gasteiger partial charge in [-0.15, -0.1) is 11.3 Å². The molecule has 1 heterocycles. The molecule has 0 bridgehead atoms. The van der Waals surface area contributed by atoms with Gasteiger partial charge in [0.15, 0.2) is 0 Å². The summed E-state index contributed by atoms with van der Waals surface area (Å²) in [5.74, 6) is 0.179. The second-order valence-corrected chi connectivity index (χ2v) is 10.3. The van der Waals surface area contributed by atoms with E-state index in [1.807, 2.05) is 0 Å². The van der Waals surface area contributed by atoms with E-state index in [1.165, 1.54) is 0 Å². The van der Waals surface area contributed by atoms with Crippen molar-refractivity contribution in [1.29, 1.82) is 0 Å². The van der Waals surface area contributed by atoms with E-state index < -0.39 is 9.05 Å². The van der Waals surface area contributed by atoms with Gasteiger partial charge >= 0.3 is 0 Å². The topological polar surface area (TPSA) is 63.2 Å². The molecular formula is C14H20ClNO3S2. The van der Waals surface area contributed by atoms with Crippen LogP contribution in [0, 0.1) is 23.7 Å². The Morgan fingerprint density at radius 2 is 1.86 bits per heavy atom. The SMILES string of the molecule is Cc1c(C(=O)NCC2C(C)(C)C2(C)C)csc1S(=O)(=O)Cl. The molecule has 118 valence electrons. The second-order valence-electron chi connectivity index (χ2n) is 6.71. The summed E-state index contributed by atoms with van der Waals surface area (Å²) in [5, 5.41) is 4.45. The number of carbonyl (C=O) groups excluding carboxylic acids is 1. The van der Waals surface area contributed by atoms with E-state index >= 15 is 0 Å². The minimum atomic E-state index is -3.79. The van der Waals surface area contributed by atoms with Crippen LogP contribution in [0.1, 0.15) is 43.6 Å². The van der Waals surface area contributed by atoms with E-state index in [4.69, 9.17) is 10.7 Å². The number of rotatable bonds is 4. The smallest absolute Gasteiger partial charge is 0.271 e. The van der Waals surface area contributed by atoms with Crippen LogP contribution >= 0.6 is 22.0 Å². The summed E-state index contributed by atoms with van der Waals surface area (Å²) in [7, 11) is 1.55. The molecule has 21 heavy (non-hydrogen) atoms. The van der Waals surface area contributed by atoms with Crippen LogP contribution in [-0.4, -0.2) is 20.9 Å². The van der Waals surface area contributed by atoms with Gasteiger partial charge in [0, 0.05) is 22.6 Å². The predicted octanol–water partition coefficient (Wildman–Crippen LogP) is 3.40. The molecule has 0 aliphatic heterocycles. The first-order valence-corrected chi connectivity index (χ1v) is 9.90. The number of hydrogen-bond acceptors (Lipinski definition) is 4. The van der Waals surface area contributed by atoms with E-state index in [0.717, 1.165) is 11.3 Å². The summed E-state index contributed by atoms with van der Waals surface area (Å²) in [6.45, 7) is 11.0. The molecule has 1 amide bonds. The quantitative estimate of drug-likeness (QED) is 0.847. The van der Waals surface area contributed by atoms with Gasteiger partial charge in [-0.3, -0.25) is 4.79 Å². The van der Waals surface area contributed by atoms with E-state index in [9.17, 15) is 13.2 Å². The highest BCUT2D eigenvalue weighted by molar-refractivity contribution is 8.15. The summed E-state index contributed by atoms with van der Waals surface area (Å²) in [4.78, 5) is 12.2. The van der Waals surface area contributed by atoms with Crippen LogP contribution in [-0.2, 0) is 9.05 Å². The van der Waals surface area contributed by atoms with Gasteiger partial charge in [-0.2, -0.15) is 0 Å². The number of amides is 1. The number of halogens is 1. The van der Waals surface area contributed by atoms with Gasteiger partial charge in [-0.25, -0.2) is 8.42 Å². The number of hydrogen-bond donors (Lipinski definition) is 1. The highest BCUT2D eigenvalue weighted by atomic mass is 35.7. The molecule has 1 N–H and O–H groups in total. The van der Waals surface area contributed by atoms with Crippen LogP contribution in [0.25, 0.3) is 0 Å². The van der Waals surface area contributed by atoms with Crippen molar-refractivity contribution < 1.29 is 13.2 Å². The Morgan fingerprint density at radius 1 is 1.33 bits per heavy atom. The van der Waals surface area contributed by atoms with Crippen molar-refractivity contribution in [2.24, 2.45) is 16.7 Å². The molecular weight excluding hydrogens is 330 g/mol. The van der Waals surface area contributed by atoms with Crippen molar-refractivity contribution in [3.63, 3.8) is 0 Å². The Morgan fingerprint density at radius 3 is 2.24 bits per heavy atom. The van der Waals surface area contributed by atoms with Gasteiger partial charge in [0.25, 0.3) is 15.0 Å². The van der Waals surface area contributed by atoms with Crippen LogP contribution < -0.4 is 5.32 Å². The maximum Gasteiger partial charge on any atom is 0.271 e. The number of thiophene rings is 1. The fourth-order valence-corrected chi connectivity index (χ4v) is 5.55. The lowest BCUT2D eigenvalue weighted by molar-refractivity contribution is 0.0949. The molecule has 4 nitrogen and oxygen atoms in total. The molecule has 1 saturated carbocycles. The third kappa shape index (κ3) is 2.73. The number of nitrogens with one attached hydrogen (secondary N) is 1. The first-order valence-electron chi connectivity index (χ1n) is 6.71. The van der Waals surface area contributed by atoms with Crippen LogP contribution in [0.3, 0.4) is 0 Å². The Hall–Kier alpha value is -0.590. The second kappa shape index (κ2) is 4.96. The highest BCUT2D eigenvalue weighted by Gasteiger charge is 2.64. The van der Waals surface area contributed by atoms with Crippen LogP contribution in [0.5, 0.6) is 0 Å². The molecule has 1 aromatic heterocycles. The fourth-order valence-electron chi connectivity index (χ4n) is 3.00. The average molecular weight is 350 g/mol. The van der Waals surface area contributed by atoms with Gasteiger partial charge < -0.3 is 5.32 Å². The van der Waals surface area contributed by atoms with Crippen molar-refractivity contribution in [3.8, 4) is 0 Å². The van der Waals surface area contributed by atoms with Crippen LogP contribution in [0.15, 0.2) is 9.59 Å². The lowest BCUT2D eigenvalue weighted by Gasteiger charge is -2.06. The first kappa shape index (κ1) is 16.8. The van der Waals surface area contributed by atoms with Gasteiger partial charge in [0.2, 0.25) is 0 Å². The molecule has 0 atom stereocenters. The molecule has 0 spiro atoms. The highest BCUT2D eigenvalue weighted by Crippen LogP contribution is 2.67. The van der Waals surface area contributed by atoms with E-state index in [0.29, 0.717) is 23.6 Å². The summed E-state index contributed by atoms with van der Waals surface area (Å²) in [5.41, 5.74) is 1.21. The molecule has 0 unspecified atom stereocenters. The molecule has 1 fully saturated rings. The fraction of sp³-hybridized carbons (Fsp3) is 0.643. The van der Waals surface area contributed by atoms with Gasteiger partial charge in [0.1, 0.15) is 4.21 Å². The van der Waals surface area contributed by atoms with Crippen molar-refractivity contribution in [1.82, 2.24) is 5.32 Å². The van der Waals surface area contributed by atoms with E-state index in [-0.39, 0.29) is 20.9 Å². The monoisotopic (exact) mass is 349 g/mol. The van der Waals surface area contributed by atoms with Crippen molar-refractivity contribution >= 4 is 37.0 Å². The molecule has 0 saturated heterocycles. The zero-order valence-corrected chi connectivity index (χ0v) is 15.2. The third-order valence-corrected chi connectivity index (χ3v) is 8.55. The van der Waals surface area contributed by atoms with Crippen LogP contribution in [0.2, 0.25) is 0 Å². The summed E-state index contributed by atoms with van der Waals surface area (Å²) >= 11 is 0.980. The third-order valence-electron chi connectivity index (χ3n) is 5.25. The van der Waals surface area contributed by atoms with Crippen molar-refractivity contribution in [2.45, 2.75) is 38.8 Å². The summed E-state index contributed by atoms with van der Waals surface area (Å²) in [6.07, 6.45) is 0. The van der Waals surface area contributed by atoms with E-state index in [1.54, 1.807) is 12.3 Å². The maximum atomic E-state index is 12.2. The van der Waals surface area contributed by atoms with Gasteiger partial charge in [-0.1, -0.05) is 27.7 Å².